The first kappa shape index (κ1) is 24.0. The van der Waals surface area contributed by atoms with Crippen LogP contribution in [0.5, 0.6) is 0 Å². The third-order valence-electron chi connectivity index (χ3n) is 7.60. The lowest BCUT2D eigenvalue weighted by Gasteiger charge is -2.36. The standard InChI is InChI=1S/C29H34N6O/c1-19(35-15-12-21(13-16-35)20-5-7-22(8-6-20)29(36)33(2)3)26-17-25-24(11-14-31-28(25)34(26)4)23-9-10-27(30)32-18-23/h5-11,14,17-19,21H,12-13,15-16H2,1-4H3,(H2,30,32)/t19-/m1/s1. The van der Waals surface area contributed by atoms with E-state index in [0.29, 0.717) is 11.7 Å². The lowest BCUT2D eigenvalue weighted by Crippen LogP contribution is -2.35. The average molecular weight is 483 g/mol. The van der Waals surface area contributed by atoms with E-state index in [0.717, 1.165) is 53.7 Å². The van der Waals surface area contributed by atoms with Gasteiger partial charge < -0.3 is 15.2 Å². The highest BCUT2D eigenvalue weighted by molar-refractivity contribution is 5.94. The van der Waals surface area contributed by atoms with E-state index >= 15 is 0 Å². The van der Waals surface area contributed by atoms with E-state index in [1.54, 1.807) is 19.0 Å². The van der Waals surface area contributed by atoms with E-state index in [-0.39, 0.29) is 11.9 Å². The number of amides is 1. The first-order chi connectivity index (χ1) is 17.3. The molecule has 7 nitrogen and oxygen atoms in total. The maximum Gasteiger partial charge on any atom is 0.253 e. The summed E-state index contributed by atoms with van der Waals surface area (Å²) in [6.45, 7) is 4.36. The number of carbonyl (C=O) groups is 1. The fourth-order valence-corrected chi connectivity index (χ4v) is 5.42. The molecule has 36 heavy (non-hydrogen) atoms. The molecule has 1 aliphatic rings. The molecule has 0 spiro atoms. The highest BCUT2D eigenvalue weighted by atomic mass is 16.2. The third kappa shape index (κ3) is 4.46. The summed E-state index contributed by atoms with van der Waals surface area (Å²) in [6, 6.07) is 16.6. The molecule has 7 heteroatoms. The minimum Gasteiger partial charge on any atom is -0.384 e. The Morgan fingerprint density at radius 2 is 1.78 bits per heavy atom. The summed E-state index contributed by atoms with van der Waals surface area (Å²) in [6.07, 6.45) is 5.91. The number of hydrogen-bond donors (Lipinski definition) is 1. The molecule has 1 saturated heterocycles. The Kier molecular flexibility index (Phi) is 6.49. The second kappa shape index (κ2) is 9.74. The molecule has 4 aromatic rings. The van der Waals surface area contributed by atoms with Crippen molar-refractivity contribution in [2.75, 3.05) is 32.9 Å². The highest BCUT2D eigenvalue weighted by Gasteiger charge is 2.27. The molecule has 1 amide bonds. The van der Waals surface area contributed by atoms with Crippen molar-refractivity contribution in [1.82, 2.24) is 24.3 Å². The van der Waals surface area contributed by atoms with Gasteiger partial charge in [0.15, 0.2) is 0 Å². The van der Waals surface area contributed by atoms with Crippen molar-refractivity contribution in [3.8, 4) is 11.1 Å². The number of carbonyl (C=O) groups excluding carboxylic acids is 1. The van der Waals surface area contributed by atoms with Crippen LogP contribution in [0.1, 0.15) is 53.3 Å². The summed E-state index contributed by atoms with van der Waals surface area (Å²) in [7, 11) is 5.68. The molecule has 0 aliphatic carbocycles. The second-order valence-electron chi connectivity index (χ2n) is 10.0. The van der Waals surface area contributed by atoms with Crippen LogP contribution in [0.2, 0.25) is 0 Å². The average Bonchev–Trinajstić information content (AvgIpc) is 3.25. The fraction of sp³-hybridized carbons (Fsp3) is 0.345. The van der Waals surface area contributed by atoms with Crippen LogP contribution in [0.4, 0.5) is 5.82 Å². The number of piperidine rings is 1. The van der Waals surface area contributed by atoms with Crippen LogP contribution in [-0.2, 0) is 7.05 Å². The van der Waals surface area contributed by atoms with E-state index in [1.807, 2.05) is 42.7 Å². The molecule has 1 fully saturated rings. The van der Waals surface area contributed by atoms with Crippen LogP contribution in [0.3, 0.4) is 0 Å². The van der Waals surface area contributed by atoms with Gasteiger partial charge in [0.05, 0.1) is 0 Å². The molecule has 1 aliphatic heterocycles. The molecular formula is C29H34N6O. The van der Waals surface area contributed by atoms with E-state index in [2.05, 4.69) is 51.6 Å². The number of nitrogens with zero attached hydrogens (tertiary/aromatic N) is 5. The van der Waals surface area contributed by atoms with Crippen molar-refractivity contribution in [2.24, 2.45) is 7.05 Å². The zero-order valence-corrected chi connectivity index (χ0v) is 21.5. The predicted octanol–water partition coefficient (Wildman–Crippen LogP) is 4.86. The number of nitrogens with two attached hydrogens (primary N) is 1. The molecule has 1 aromatic carbocycles. The van der Waals surface area contributed by atoms with Gasteiger partial charge in [0.25, 0.3) is 5.91 Å². The highest BCUT2D eigenvalue weighted by Crippen LogP contribution is 2.36. The van der Waals surface area contributed by atoms with Crippen LogP contribution in [0.25, 0.3) is 22.2 Å². The van der Waals surface area contributed by atoms with E-state index in [4.69, 9.17) is 5.73 Å². The van der Waals surface area contributed by atoms with Crippen molar-refractivity contribution in [1.29, 1.82) is 0 Å². The number of pyridine rings is 2. The molecule has 5 rings (SSSR count). The molecule has 186 valence electrons. The number of likely N-dealkylation sites (tertiary alicyclic amines) is 1. The maximum atomic E-state index is 12.2. The third-order valence-corrected chi connectivity index (χ3v) is 7.60. The quantitative estimate of drug-likeness (QED) is 0.439. The summed E-state index contributed by atoms with van der Waals surface area (Å²) < 4.78 is 2.22. The second-order valence-corrected chi connectivity index (χ2v) is 10.0. The number of nitrogen functional groups attached to an aromatic ring is 1. The smallest absolute Gasteiger partial charge is 0.253 e. The van der Waals surface area contributed by atoms with Gasteiger partial charge in [-0.2, -0.15) is 0 Å². The molecule has 0 bridgehead atoms. The minimum atomic E-state index is 0.0467. The molecule has 0 radical (unpaired) electrons. The van der Waals surface area contributed by atoms with Crippen LogP contribution in [0, 0.1) is 0 Å². The fourth-order valence-electron chi connectivity index (χ4n) is 5.42. The van der Waals surface area contributed by atoms with Crippen molar-refractivity contribution < 1.29 is 4.79 Å². The van der Waals surface area contributed by atoms with Gasteiger partial charge in [0, 0.05) is 61.8 Å². The number of benzene rings is 1. The number of fused-ring (bicyclic) bond motifs is 1. The lowest BCUT2D eigenvalue weighted by molar-refractivity contribution is 0.0827. The van der Waals surface area contributed by atoms with Crippen LogP contribution in [-0.4, -0.2) is 57.4 Å². The summed E-state index contributed by atoms with van der Waals surface area (Å²) in [5.74, 6) is 1.09. The summed E-state index contributed by atoms with van der Waals surface area (Å²) in [5.41, 5.74) is 12.3. The van der Waals surface area contributed by atoms with Crippen LogP contribution < -0.4 is 5.73 Å². The van der Waals surface area contributed by atoms with Crippen molar-refractivity contribution in [3.63, 3.8) is 0 Å². The van der Waals surface area contributed by atoms with Gasteiger partial charge in [-0.1, -0.05) is 12.1 Å². The van der Waals surface area contributed by atoms with Crippen molar-refractivity contribution in [2.45, 2.75) is 31.7 Å². The van der Waals surface area contributed by atoms with E-state index < -0.39 is 0 Å². The Balaban J connectivity index is 1.32. The first-order valence-corrected chi connectivity index (χ1v) is 12.6. The molecular weight excluding hydrogens is 448 g/mol. The summed E-state index contributed by atoms with van der Waals surface area (Å²) in [5, 5.41) is 1.13. The molecule has 4 heterocycles. The van der Waals surface area contributed by atoms with Gasteiger partial charge in [0.2, 0.25) is 0 Å². The largest absolute Gasteiger partial charge is 0.384 e. The monoisotopic (exact) mass is 482 g/mol. The van der Waals surface area contributed by atoms with Gasteiger partial charge in [-0.15, -0.1) is 0 Å². The van der Waals surface area contributed by atoms with Gasteiger partial charge in [-0.3, -0.25) is 9.69 Å². The number of rotatable bonds is 5. The molecule has 0 saturated carbocycles. The Bertz CT molecular complexity index is 1370. The van der Waals surface area contributed by atoms with Gasteiger partial charge in [0.1, 0.15) is 11.5 Å². The summed E-state index contributed by atoms with van der Waals surface area (Å²) in [4.78, 5) is 25.3. The Morgan fingerprint density at radius 1 is 1.06 bits per heavy atom. The number of aryl methyl sites for hydroxylation is 1. The molecule has 3 aromatic heterocycles. The summed E-state index contributed by atoms with van der Waals surface area (Å²) >= 11 is 0. The Hall–Kier alpha value is -3.71. The van der Waals surface area contributed by atoms with Gasteiger partial charge in [-0.05, 0) is 86.3 Å². The van der Waals surface area contributed by atoms with Crippen LogP contribution >= 0.6 is 0 Å². The zero-order chi connectivity index (χ0) is 25.4. The first-order valence-electron chi connectivity index (χ1n) is 12.6. The van der Waals surface area contributed by atoms with E-state index in [9.17, 15) is 4.79 Å². The van der Waals surface area contributed by atoms with Crippen molar-refractivity contribution >= 4 is 22.8 Å². The predicted molar refractivity (Wildman–Crippen MR) is 145 cm³/mol. The minimum absolute atomic E-state index is 0.0467. The maximum absolute atomic E-state index is 12.2. The number of aromatic nitrogens is 3. The number of anilines is 1. The normalized spacial score (nSPS) is 15.8. The Labute approximate surface area is 212 Å². The number of hydrogen-bond acceptors (Lipinski definition) is 5. The SMILES string of the molecule is C[C@H](c1cc2c(-c3ccc(N)nc3)ccnc2n1C)N1CCC(c2ccc(C(=O)N(C)C)cc2)CC1. The molecule has 0 unspecified atom stereocenters. The van der Waals surface area contributed by atoms with Crippen LogP contribution in [0.15, 0.2) is 60.9 Å². The van der Waals surface area contributed by atoms with Gasteiger partial charge in [-0.25, -0.2) is 9.97 Å². The topological polar surface area (TPSA) is 80.3 Å². The molecule has 1 atom stereocenters. The van der Waals surface area contributed by atoms with Crippen molar-refractivity contribution in [3.05, 3.63) is 77.7 Å². The molecule has 2 N–H and O–H groups in total. The zero-order valence-electron chi connectivity index (χ0n) is 21.5. The Morgan fingerprint density at radius 3 is 2.42 bits per heavy atom. The lowest BCUT2D eigenvalue weighted by atomic mass is 9.88. The van der Waals surface area contributed by atoms with Gasteiger partial charge >= 0.3 is 0 Å². The van der Waals surface area contributed by atoms with E-state index in [1.165, 1.54) is 11.3 Å².